The third kappa shape index (κ3) is 5.23. The first kappa shape index (κ1) is 26.0. The number of anilines is 3. The molecule has 1 atom stereocenters. The van der Waals surface area contributed by atoms with Crippen LogP contribution in [0.2, 0.25) is 0 Å². The van der Waals surface area contributed by atoms with Crippen LogP contribution in [-0.4, -0.2) is 46.2 Å². The standard InChI is InChI=1S/C27H31N9O3/c1-5-13-35-26(38)19-11-12-22(31-24(19)36(35)16(2)3)32-27-28-14-20(25-29-17(4)34-39-25)23(33-27)30-21(15-37)18-9-7-6-8-10-18/h6-12,14,16,21,37H,5,13,15H2,1-4H3,(H2,28,30,31,32,33)/t21-/m1/s1. The summed E-state index contributed by atoms with van der Waals surface area (Å²) < 4.78 is 9.04. The molecule has 0 unspecified atom stereocenters. The molecule has 12 heteroatoms. The first-order valence-electron chi connectivity index (χ1n) is 12.9. The van der Waals surface area contributed by atoms with E-state index >= 15 is 0 Å². The van der Waals surface area contributed by atoms with Crippen molar-refractivity contribution >= 4 is 28.6 Å². The van der Waals surface area contributed by atoms with E-state index in [0.29, 0.717) is 40.6 Å². The van der Waals surface area contributed by atoms with Crippen LogP contribution in [-0.2, 0) is 6.54 Å². The fourth-order valence-electron chi connectivity index (χ4n) is 4.47. The van der Waals surface area contributed by atoms with E-state index in [1.165, 1.54) is 0 Å². The van der Waals surface area contributed by atoms with Crippen LogP contribution < -0.4 is 16.2 Å². The van der Waals surface area contributed by atoms with Gasteiger partial charge in [-0.2, -0.15) is 9.97 Å². The molecule has 1 aromatic carbocycles. The smallest absolute Gasteiger partial charge is 0.276 e. The van der Waals surface area contributed by atoms with Gasteiger partial charge in [-0.1, -0.05) is 42.4 Å². The molecule has 0 radical (unpaired) electrons. The van der Waals surface area contributed by atoms with Gasteiger partial charge in [-0.3, -0.25) is 9.48 Å². The van der Waals surface area contributed by atoms with Crippen LogP contribution in [0.15, 0.2) is 58.0 Å². The number of aryl methyl sites for hydroxylation is 1. The average molecular weight is 530 g/mol. The summed E-state index contributed by atoms with van der Waals surface area (Å²) in [4.78, 5) is 31.2. The molecule has 0 fully saturated rings. The highest BCUT2D eigenvalue weighted by Gasteiger charge is 2.20. The second-order valence-corrected chi connectivity index (χ2v) is 9.45. The highest BCUT2D eigenvalue weighted by Crippen LogP contribution is 2.29. The number of nitrogens with zero attached hydrogens (tertiary/aromatic N) is 7. The van der Waals surface area contributed by atoms with Crippen LogP contribution in [0.5, 0.6) is 0 Å². The maximum Gasteiger partial charge on any atom is 0.276 e. The molecule has 0 saturated heterocycles. The van der Waals surface area contributed by atoms with Crippen LogP contribution >= 0.6 is 0 Å². The summed E-state index contributed by atoms with van der Waals surface area (Å²) in [6, 6.07) is 12.7. The number of benzene rings is 1. The number of aromatic nitrogens is 7. The van der Waals surface area contributed by atoms with Gasteiger partial charge in [-0.15, -0.1) is 0 Å². The lowest BCUT2D eigenvalue weighted by molar-refractivity contribution is 0.276. The van der Waals surface area contributed by atoms with Gasteiger partial charge >= 0.3 is 0 Å². The Morgan fingerprint density at radius 2 is 1.87 bits per heavy atom. The van der Waals surface area contributed by atoms with E-state index in [2.05, 4.69) is 30.7 Å². The molecule has 0 amide bonds. The van der Waals surface area contributed by atoms with Crippen molar-refractivity contribution in [3.05, 3.63) is 70.4 Å². The summed E-state index contributed by atoms with van der Waals surface area (Å²) in [5.74, 6) is 1.88. The first-order valence-corrected chi connectivity index (χ1v) is 12.9. The summed E-state index contributed by atoms with van der Waals surface area (Å²) in [7, 11) is 0. The van der Waals surface area contributed by atoms with Gasteiger partial charge < -0.3 is 20.3 Å². The molecule has 0 saturated carbocycles. The summed E-state index contributed by atoms with van der Waals surface area (Å²) >= 11 is 0. The fraction of sp³-hybridized carbons (Fsp3) is 0.333. The van der Waals surface area contributed by atoms with Gasteiger partial charge in [-0.05, 0) is 44.9 Å². The molecule has 0 bridgehead atoms. The minimum Gasteiger partial charge on any atom is -0.394 e. The van der Waals surface area contributed by atoms with E-state index in [0.717, 1.165) is 12.0 Å². The molecule has 0 aliphatic rings. The summed E-state index contributed by atoms with van der Waals surface area (Å²) in [5.41, 5.74) is 1.91. The highest BCUT2D eigenvalue weighted by molar-refractivity contribution is 5.77. The molecule has 3 N–H and O–H groups in total. The lowest BCUT2D eigenvalue weighted by atomic mass is 10.1. The van der Waals surface area contributed by atoms with Gasteiger partial charge in [-0.25, -0.2) is 14.6 Å². The van der Waals surface area contributed by atoms with Crippen molar-refractivity contribution in [3.8, 4) is 11.5 Å². The summed E-state index contributed by atoms with van der Waals surface area (Å²) in [6.07, 6.45) is 2.41. The number of pyridine rings is 1. The molecule has 202 valence electrons. The van der Waals surface area contributed by atoms with Gasteiger partial charge in [0.15, 0.2) is 11.5 Å². The Balaban J connectivity index is 1.53. The van der Waals surface area contributed by atoms with Crippen LogP contribution in [0.1, 0.15) is 50.7 Å². The predicted molar refractivity (Wildman–Crippen MR) is 148 cm³/mol. The molecule has 0 aliphatic carbocycles. The quantitative estimate of drug-likeness (QED) is 0.240. The van der Waals surface area contributed by atoms with Gasteiger partial charge in [0.1, 0.15) is 17.2 Å². The molecule has 0 spiro atoms. The number of nitrogens with one attached hydrogen (secondary N) is 2. The number of hydrogen-bond donors (Lipinski definition) is 3. The van der Waals surface area contributed by atoms with Crippen LogP contribution in [0.25, 0.3) is 22.5 Å². The number of aliphatic hydroxyl groups is 1. The Labute approximate surface area is 224 Å². The molecular weight excluding hydrogens is 498 g/mol. The van der Waals surface area contributed by atoms with Gasteiger partial charge in [0.2, 0.25) is 5.95 Å². The Bertz CT molecular complexity index is 1640. The van der Waals surface area contributed by atoms with Crippen molar-refractivity contribution in [2.75, 3.05) is 17.2 Å². The molecule has 4 aromatic heterocycles. The molecule has 5 aromatic rings. The number of rotatable bonds is 10. The minimum absolute atomic E-state index is 0.0436. The molecular formula is C27H31N9O3. The SMILES string of the molecule is CCCn1c(=O)c2ccc(Nc3ncc(-c4nc(C)no4)c(N[C@H](CO)c4ccccc4)n3)nc2n1C(C)C. The summed E-state index contributed by atoms with van der Waals surface area (Å²) in [5, 5.41) is 21.0. The average Bonchev–Trinajstić information content (AvgIpc) is 3.48. The van der Waals surface area contributed by atoms with Crippen molar-refractivity contribution in [1.82, 2.24) is 34.5 Å². The third-order valence-electron chi connectivity index (χ3n) is 6.22. The number of aliphatic hydroxyl groups excluding tert-OH is 1. The monoisotopic (exact) mass is 529 g/mol. The largest absolute Gasteiger partial charge is 0.394 e. The Hall–Kier alpha value is -4.58. The second-order valence-electron chi connectivity index (χ2n) is 9.45. The van der Waals surface area contributed by atoms with E-state index in [1.807, 2.05) is 55.8 Å². The molecule has 0 aliphatic heterocycles. The van der Waals surface area contributed by atoms with Gasteiger partial charge in [0, 0.05) is 18.8 Å². The Kier molecular flexibility index (Phi) is 7.37. The van der Waals surface area contributed by atoms with Crippen molar-refractivity contribution in [3.63, 3.8) is 0 Å². The van der Waals surface area contributed by atoms with E-state index in [4.69, 9.17) is 9.51 Å². The predicted octanol–water partition coefficient (Wildman–Crippen LogP) is 4.23. The highest BCUT2D eigenvalue weighted by atomic mass is 16.5. The maximum atomic E-state index is 13.0. The van der Waals surface area contributed by atoms with E-state index in [1.54, 1.807) is 29.9 Å². The van der Waals surface area contributed by atoms with Gasteiger partial charge in [0.05, 0.1) is 18.0 Å². The van der Waals surface area contributed by atoms with E-state index < -0.39 is 6.04 Å². The van der Waals surface area contributed by atoms with Crippen molar-refractivity contribution < 1.29 is 9.63 Å². The van der Waals surface area contributed by atoms with Crippen LogP contribution in [0, 0.1) is 6.92 Å². The van der Waals surface area contributed by atoms with Crippen molar-refractivity contribution in [1.29, 1.82) is 0 Å². The van der Waals surface area contributed by atoms with Crippen molar-refractivity contribution in [2.45, 2.75) is 52.7 Å². The normalized spacial score (nSPS) is 12.3. The maximum absolute atomic E-state index is 13.0. The molecule has 5 rings (SSSR count). The number of fused-ring (bicyclic) bond motifs is 1. The van der Waals surface area contributed by atoms with Crippen molar-refractivity contribution in [2.24, 2.45) is 0 Å². The van der Waals surface area contributed by atoms with E-state index in [-0.39, 0.29) is 30.0 Å². The van der Waals surface area contributed by atoms with Crippen LogP contribution in [0.4, 0.5) is 17.6 Å². The van der Waals surface area contributed by atoms with Gasteiger partial charge in [0.25, 0.3) is 11.4 Å². The fourth-order valence-corrected chi connectivity index (χ4v) is 4.47. The molecule has 4 heterocycles. The first-order chi connectivity index (χ1) is 18.9. The third-order valence-corrected chi connectivity index (χ3v) is 6.22. The molecule has 39 heavy (non-hydrogen) atoms. The zero-order valence-electron chi connectivity index (χ0n) is 22.3. The number of hydrogen-bond acceptors (Lipinski definition) is 10. The lowest BCUT2D eigenvalue weighted by Gasteiger charge is -2.19. The second kappa shape index (κ2) is 11.0. The lowest BCUT2D eigenvalue weighted by Crippen LogP contribution is -2.24. The Morgan fingerprint density at radius 3 is 2.54 bits per heavy atom. The van der Waals surface area contributed by atoms with Crippen LogP contribution in [0.3, 0.4) is 0 Å². The molecule has 12 nitrogen and oxygen atoms in total. The topological polar surface area (TPSA) is 149 Å². The zero-order valence-corrected chi connectivity index (χ0v) is 22.3. The van der Waals surface area contributed by atoms with E-state index in [9.17, 15) is 9.90 Å². The minimum atomic E-state index is -0.440. The summed E-state index contributed by atoms with van der Waals surface area (Å²) in [6.45, 7) is 8.25. The zero-order chi connectivity index (χ0) is 27.5. The Morgan fingerprint density at radius 1 is 1.08 bits per heavy atom.